The van der Waals surface area contributed by atoms with Crippen LogP contribution in [0.4, 0.5) is 5.69 Å². The molecule has 0 fully saturated rings. The highest BCUT2D eigenvalue weighted by molar-refractivity contribution is 7.80. The van der Waals surface area contributed by atoms with Gasteiger partial charge in [0.2, 0.25) is 0 Å². The zero-order valence-electron chi connectivity index (χ0n) is 13.5. The van der Waals surface area contributed by atoms with Gasteiger partial charge in [0.1, 0.15) is 18.1 Å². The minimum atomic E-state index is 0.531. The molecule has 0 radical (unpaired) electrons. The first-order chi connectivity index (χ1) is 11.2. The predicted octanol–water partition coefficient (Wildman–Crippen LogP) is 3.76. The number of anilines is 1. The summed E-state index contributed by atoms with van der Waals surface area (Å²) >= 11 is 5.28. The van der Waals surface area contributed by atoms with Crippen LogP contribution < -0.4 is 20.1 Å². The largest absolute Gasteiger partial charge is 0.494 e. The maximum atomic E-state index is 5.66. The van der Waals surface area contributed by atoms with Crippen LogP contribution in [0.3, 0.4) is 0 Å². The number of hydrogen-bond donors (Lipinski definition) is 2. The molecular weight excluding hydrogens is 308 g/mol. The lowest BCUT2D eigenvalue weighted by molar-refractivity contribution is 0.319. The first kappa shape index (κ1) is 17.1. The van der Waals surface area contributed by atoms with E-state index in [4.69, 9.17) is 21.7 Å². The van der Waals surface area contributed by atoms with Crippen LogP contribution in [0.5, 0.6) is 11.5 Å². The number of para-hydroxylation sites is 1. The van der Waals surface area contributed by atoms with Crippen molar-refractivity contribution in [3.8, 4) is 11.5 Å². The van der Waals surface area contributed by atoms with Gasteiger partial charge < -0.3 is 20.1 Å². The smallest absolute Gasteiger partial charge is 0.170 e. The third-order valence-electron chi connectivity index (χ3n) is 3.18. The summed E-state index contributed by atoms with van der Waals surface area (Å²) < 4.78 is 11.0. The molecule has 5 heteroatoms. The van der Waals surface area contributed by atoms with E-state index in [-0.39, 0.29) is 0 Å². The molecule has 4 nitrogen and oxygen atoms in total. The third-order valence-corrected chi connectivity index (χ3v) is 3.43. The van der Waals surface area contributed by atoms with Crippen molar-refractivity contribution in [1.82, 2.24) is 5.32 Å². The fraction of sp³-hybridized carbons (Fsp3) is 0.278. The lowest BCUT2D eigenvalue weighted by Crippen LogP contribution is -2.32. The lowest BCUT2D eigenvalue weighted by atomic mass is 10.2. The quantitative estimate of drug-likeness (QED) is 0.598. The molecule has 0 unspecified atom stereocenters. The number of thiocarbonyl (C=S) groups is 1. The highest BCUT2D eigenvalue weighted by atomic mass is 32.1. The molecule has 0 saturated heterocycles. The SMILES string of the molecule is CCOc1ccc(OCCNC(=S)Nc2ccccc2C)cc1. The molecule has 0 saturated carbocycles. The van der Waals surface area contributed by atoms with Crippen LogP contribution in [0.15, 0.2) is 48.5 Å². The van der Waals surface area contributed by atoms with Crippen LogP contribution in [0.25, 0.3) is 0 Å². The third kappa shape index (κ3) is 5.79. The second-order valence-electron chi connectivity index (χ2n) is 4.95. The van der Waals surface area contributed by atoms with E-state index in [9.17, 15) is 0 Å². The van der Waals surface area contributed by atoms with Gasteiger partial charge in [-0.3, -0.25) is 0 Å². The number of aryl methyl sites for hydroxylation is 1. The van der Waals surface area contributed by atoms with Crippen molar-refractivity contribution < 1.29 is 9.47 Å². The van der Waals surface area contributed by atoms with Gasteiger partial charge in [0, 0.05) is 5.69 Å². The number of hydrogen-bond acceptors (Lipinski definition) is 3. The monoisotopic (exact) mass is 330 g/mol. The Bertz CT molecular complexity index is 629. The number of ether oxygens (including phenoxy) is 2. The van der Waals surface area contributed by atoms with E-state index in [1.54, 1.807) is 0 Å². The second-order valence-corrected chi connectivity index (χ2v) is 5.36. The Labute approximate surface area is 142 Å². The van der Waals surface area contributed by atoms with Crippen molar-refractivity contribution >= 4 is 23.0 Å². The van der Waals surface area contributed by atoms with Gasteiger partial charge in [0.15, 0.2) is 5.11 Å². The van der Waals surface area contributed by atoms with Crippen LogP contribution in [0.2, 0.25) is 0 Å². The number of nitrogens with one attached hydrogen (secondary N) is 2. The van der Waals surface area contributed by atoms with Crippen molar-refractivity contribution in [1.29, 1.82) is 0 Å². The average Bonchev–Trinajstić information content (AvgIpc) is 2.55. The molecule has 0 atom stereocenters. The van der Waals surface area contributed by atoms with Crippen molar-refractivity contribution in [3.05, 3.63) is 54.1 Å². The minimum absolute atomic E-state index is 0.531. The second kappa shape index (κ2) is 9.00. The molecule has 2 rings (SSSR count). The summed E-state index contributed by atoms with van der Waals surface area (Å²) in [6.45, 7) is 5.83. The van der Waals surface area contributed by atoms with Crippen molar-refractivity contribution in [3.63, 3.8) is 0 Å². The van der Waals surface area contributed by atoms with Gasteiger partial charge in [-0.1, -0.05) is 18.2 Å². The standard InChI is InChI=1S/C18H22N2O2S/c1-3-21-15-8-10-16(11-9-15)22-13-12-19-18(23)20-17-7-5-4-6-14(17)2/h4-11H,3,12-13H2,1-2H3,(H2,19,20,23). The topological polar surface area (TPSA) is 42.5 Å². The molecule has 0 aliphatic heterocycles. The van der Waals surface area contributed by atoms with E-state index in [1.165, 1.54) is 0 Å². The zero-order valence-corrected chi connectivity index (χ0v) is 14.3. The fourth-order valence-electron chi connectivity index (χ4n) is 2.01. The Balaban J connectivity index is 1.68. The molecule has 2 N–H and O–H groups in total. The van der Waals surface area contributed by atoms with Crippen LogP contribution in [0.1, 0.15) is 12.5 Å². The van der Waals surface area contributed by atoms with E-state index in [1.807, 2.05) is 62.4 Å². The molecule has 0 aromatic heterocycles. The first-order valence-electron chi connectivity index (χ1n) is 7.65. The van der Waals surface area contributed by atoms with Gasteiger partial charge in [-0.15, -0.1) is 0 Å². The Kier molecular flexibility index (Phi) is 6.69. The first-order valence-corrected chi connectivity index (χ1v) is 8.06. The number of rotatable bonds is 7. The summed E-state index contributed by atoms with van der Waals surface area (Å²) in [7, 11) is 0. The van der Waals surface area contributed by atoms with Gasteiger partial charge in [0.25, 0.3) is 0 Å². The molecule has 0 spiro atoms. The van der Waals surface area contributed by atoms with Gasteiger partial charge in [0.05, 0.1) is 13.2 Å². The average molecular weight is 330 g/mol. The molecule has 0 aliphatic carbocycles. The summed E-state index contributed by atoms with van der Waals surface area (Å²) in [4.78, 5) is 0. The van der Waals surface area contributed by atoms with Crippen molar-refractivity contribution in [2.24, 2.45) is 0 Å². The Morgan fingerprint density at radius 2 is 1.65 bits per heavy atom. The number of benzene rings is 2. The van der Waals surface area contributed by atoms with E-state index in [0.717, 1.165) is 22.7 Å². The van der Waals surface area contributed by atoms with Gasteiger partial charge >= 0.3 is 0 Å². The van der Waals surface area contributed by atoms with Crippen LogP contribution in [-0.4, -0.2) is 24.9 Å². The van der Waals surface area contributed by atoms with Crippen molar-refractivity contribution in [2.75, 3.05) is 25.1 Å². The molecular formula is C18H22N2O2S. The molecule has 122 valence electrons. The molecule has 0 amide bonds. The molecule has 0 heterocycles. The van der Waals surface area contributed by atoms with Gasteiger partial charge in [-0.2, -0.15) is 0 Å². The molecule has 2 aromatic rings. The summed E-state index contributed by atoms with van der Waals surface area (Å²) in [6, 6.07) is 15.6. The fourth-order valence-corrected chi connectivity index (χ4v) is 2.22. The zero-order chi connectivity index (χ0) is 16.5. The lowest BCUT2D eigenvalue weighted by Gasteiger charge is -2.13. The summed E-state index contributed by atoms with van der Waals surface area (Å²) in [5, 5.41) is 6.90. The molecule has 0 aliphatic rings. The summed E-state index contributed by atoms with van der Waals surface area (Å²) in [6.07, 6.45) is 0. The van der Waals surface area contributed by atoms with Crippen LogP contribution in [0, 0.1) is 6.92 Å². The normalized spacial score (nSPS) is 10.0. The van der Waals surface area contributed by atoms with E-state index in [0.29, 0.717) is 24.9 Å². The molecule has 23 heavy (non-hydrogen) atoms. The Morgan fingerprint density at radius 1 is 1.00 bits per heavy atom. The molecule has 0 bridgehead atoms. The molecule has 2 aromatic carbocycles. The Morgan fingerprint density at radius 3 is 2.30 bits per heavy atom. The Hall–Kier alpha value is -2.27. The minimum Gasteiger partial charge on any atom is -0.494 e. The van der Waals surface area contributed by atoms with E-state index < -0.39 is 0 Å². The van der Waals surface area contributed by atoms with Gasteiger partial charge in [-0.05, 0) is 62.0 Å². The van der Waals surface area contributed by atoms with Crippen molar-refractivity contribution in [2.45, 2.75) is 13.8 Å². The summed E-state index contributed by atoms with van der Waals surface area (Å²) in [5.74, 6) is 1.66. The highest BCUT2D eigenvalue weighted by Crippen LogP contribution is 2.17. The van der Waals surface area contributed by atoms with Crippen LogP contribution >= 0.6 is 12.2 Å². The van der Waals surface area contributed by atoms with E-state index in [2.05, 4.69) is 10.6 Å². The maximum Gasteiger partial charge on any atom is 0.170 e. The van der Waals surface area contributed by atoms with Crippen LogP contribution in [-0.2, 0) is 0 Å². The maximum absolute atomic E-state index is 5.66. The predicted molar refractivity (Wildman–Crippen MR) is 98.5 cm³/mol. The van der Waals surface area contributed by atoms with Gasteiger partial charge in [-0.25, -0.2) is 0 Å². The van der Waals surface area contributed by atoms with E-state index >= 15 is 0 Å². The highest BCUT2D eigenvalue weighted by Gasteiger charge is 2.00. The summed E-state index contributed by atoms with van der Waals surface area (Å²) in [5.41, 5.74) is 2.17.